The van der Waals surface area contributed by atoms with Gasteiger partial charge in [0.25, 0.3) is 0 Å². The van der Waals surface area contributed by atoms with Gasteiger partial charge in [-0.1, -0.05) is 15.9 Å². The van der Waals surface area contributed by atoms with Crippen molar-refractivity contribution >= 4 is 27.6 Å². The highest BCUT2D eigenvalue weighted by molar-refractivity contribution is 9.10. The summed E-state index contributed by atoms with van der Waals surface area (Å²) in [4.78, 5) is 7.04. The Bertz CT molecular complexity index is 710. The Labute approximate surface area is 156 Å². The first-order chi connectivity index (χ1) is 12.2. The third-order valence-electron chi connectivity index (χ3n) is 4.25. The van der Waals surface area contributed by atoms with E-state index in [0.29, 0.717) is 12.6 Å². The summed E-state index contributed by atoms with van der Waals surface area (Å²) in [6.07, 6.45) is 2.78. The number of aliphatic imine (C=N–C) groups is 1. The van der Waals surface area contributed by atoms with Gasteiger partial charge in [0.05, 0.1) is 0 Å². The Morgan fingerprint density at radius 1 is 1.36 bits per heavy atom. The normalized spacial score (nSPS) is 17.8. The van der Waals surface area contributed by atoms with Crippen molar-refractivity contribution in [1.29, 1.82) is 0 Å². The first-order valence-electron chi connectivity index (χ1n) is 8.54. The number of anilines is 1. The van der Waals surface area contributed by atoms with Crippen molar-refractivity contribution in [2.24, 2.45) is 12.0 Å². The zero-order valence-corrected chi connectivity index (χ0v) is 16.2. The number of guanidine groups is 1. The standard InChI is InChI=1S/C17H24BrN7/c1-3-19-17(20-10-16-23-21-12-24(16)2)22-14-8-9-25(11-14)15-6-4-13(18)5-7-15/h4-7,12,14H,3,8-11H2,1-2H3,(H2,19,20,22). The minimum atomic E-state index is 0.376. The number of hydrogen-bond donors (Lipinski definition) is 2. The van der Waals surface area contributed by atoms with Gasteiger partial charge in [0.15, 0.2) is 11.8 Å². The fraction of sp³-hybridized carbons (Fsp3) is 0.471. The maximum atomic E-state index is 4.64. The van der Waals surface area contributed by atoms with E-state index >= 15 is 0 Å². The highest BCUT2D eigenvalue weighted by Crippen LogP contribution is 2.22. The molecule has 1 aliphatic rings. The van der Waals surface area contributed by atoms with Crippen LogP contribution in [0.2, 0.25) is 0 Å². The Morgan fingerprint density at radius 2 is 2.16 bits per heavy atom. The van der Waals surface area contributed by atoms with Crippen molar-refractivity contribution < 1.29 is 0 Å². The molecule has 0 radical (unpaired) electrons. The Hall–Kier alpha value is -2.09. The van der Waals surface area contributed by atoms with Gasteiger partial charge in [0.1, 0.15) is 12.9 Å². The van der Waals surface area contributed by atoms with Gasteiger partial charge in [-0.3, -0.25) is 0 Å². The van der Waals surface area contributed by atoms with Crippen LogP contribution in [0.5, 0.6) is 0 Å². The van der Waals surface area contributed by atoms with Gasteiger partial charge < -0.3 is 20.1 Å². The molecule has 0 aliphatic carbocycles. The number of rotatable bonds is 5. The smallest absolute Gasteiger partial charge is 0.191 e. The van der Waals surface area contributed by atoms with Crippen LogP contribution in [0.1, 0.15) is 19.2 Å². The molecular weight excluding hydrogens is 382 g/mol. The lowest BCUT2D eigenvalue weighted by Gasteiger charge is -2.20. The van der Waals surface area contributed by atoms with E-state index in [1.807, 2.05) is 11.6 Å². The molecule has 2 heterocycles. The first kappa shape index (κ1) is 17.7. The molecule has 1 atom stereocenters. The van der Waals surface area contributed by atoms with Crippen molar-refractivity contribution in [3.05, 3.63) is 40.9 Å². The lowest BCUT2D eigenvalue weighted by molar-refractivity contribution is 0.647. The van der Waals surface area contributed by atoms with Gasteiger partial charge in [0, 0.05) is 42.9 Å². The van der Waals surface area contributed by atoms with Gasteiger partial charge in [-0.2, -0.15) is 0 Å². The molecule has 2 N–H and O–H groups in total. The quantitative estimate of drug-likeness (QED) is 0.587. The van der Waals surface area contributed by atoms with E-state index < -0.39 is 0 Å². The van der Waals surface area contributed by atoms with E-state index in [2.05, 4.69) is 77.8 Å². The SMILES string of the molecule is CCNC(=NCc1nncn1C)NC1CCN(c2ccc(Br)cc2)C1. The summed E-state index contributed by atoms with van der Waals surface area (Å²) in [6, 6.07) is 8.85. The van der Waals surface area contributed by atoms with Gasteiger partial charge in [0.2, 0.25) is 0 Å². The summed E-state index contributed by atoms with van der Waals surface area (Å²) in [6.45, 7) is 5.42. The van der Waals surface area contributed by atoms with Gasteiger partial charge in [-0.15, -0.1) is 10.2 Å². The molecule has 1 unspecified atom stereocenters. The molecule has 1 aromatic heterocycles. The molecule has 1 aliphatic heterocycles. The molecule has 0 saturated carbocycles. The summed E-state index contributed by atoms with van der Waals surface area (Å²) in [5, 5.41) is 14.8. The van der Waals surface area contributed by atoms with E-state index in [0.717, 1.165) is 42.3 Å². The molecule has 1 fully saturated rings. The molecule has 7 nitrogen and oxygen atoms in total. The average Bonchev–Trinajstić information content (AvgIpc) is 3.23. The van der Waals surface area contributed by atoms with Crippen LogP contribution in [0, 0.1) is 0 Å². The number of aromatic nitrogens is 3. The molecule has 0 spiro atoms. The average molecular weight is 406 g/mol. The monoisotopic (exact) mass is 405 g/mol. The number of aryl methyl sites for hydroxylation is 1. The maximum absolute atomic E-state index is 4.64. The molecule has 134 valence electrons. The van der Waals surface area contributed by atoms with Gasteiger partial charge >= 0.3 is 0 Å². The predicted molar refractivity (Wildman–Crippen MR) is 104 cm³/mol. The van der Waals surface area contributed by atoms with Crippen molar-refractivity contribution in [3.8, 4) is 0 Å². The minimum Gasteiger partial charge on any atom is -0.369 e. The van der Waals surface area contributed by atoms with E-state index in [-0.39, 0.29) is 0 Å². The van der Waals surface area contributed by atoms with Crippen molar-refractivity contribution in [2.75, 3.05) is 24.5 Å². The second kappa shape index (κ2) is 8.33. The minimum absolute atomic E-state index is 0.376. The number of halogens is 1. The lowest BCUT2D eigenvalue weighted by atomic mass is 10.3. The molecule has 1 saturated heterocycles. The summed E-state index contributed by atoms with van der Waals surface area (Å²) in [5.74, 6) is 1.67. The number of nitrogens with zero attached hydrogens (tertiary/aromatic N) is 5. The third-order valence-corrected chi connectivity index (χ3v) is 4.78. The molecule has 3 rings (SSSR count). The van der Waals surface area contributed by atoms with Crippen LogP contribution in [0.25, 0.3) is 0 Å². The Kier molecular flexibility index (Phi) is 5.91. The lowest BCUT2D eigenvalue weighted by Crippen LogP contribution is -2.44. The Morgan fingerprint density at radius 3 is 2.84 bits per heavy atom. The summed E-state index contributed by atoms with van der Waals surface area (Å²) in [5.41, 5.74) is 1.26. The zero-order chi connectivity index (χ0) is 17.6. The van der Waals surface area contributed by atoms with Crippen LogP contribution < -0.4 is 15.5 Å². The van der Waals surface area contributed by atoms with Gasteiger partial charge in [-0.05, 0) is 37.6 Å². The van der Waals surface area contributed by atoms with E-state index in [1.165, 1.54) is 5.69 Å². The van der Waals surface area contributed by atoms with E-state index in [9.17, 15) is 0 Å². The summed E-state index contributed by atoms with van der Waals surface area (Å²) < 4.78 is 2.99. The summed E-state index contributed by atoms with van der Waals surface area (Å²) in [7, 11) is 1.93. The topological polar surface area (TPSA) is 70.4 Å². The Balaban J connectivity index is 1.59. The zero-order valence-electron chi connectivity index (χ0n) is 14.6. The molecule has 1 aromatic carbocycles. The highest BCUT2D eigenvalue weighted by Gasteiger charge is 2.23. The second-order valence-electron chi connectivity index (χ2n) is 6.11. The fourth-order valence-electron chi connectivity index (χ4n) is 2.88. The molecular formula is C17H24BrN7. The first-order valence-corrected chi connectivity index (χ1v) is 9.33. The van der Waals surface area contributed by atoms with Crippen LogP contribution in [-0.2, 0) is 13.6 Å². The molecule has 0 bridgehead atoms. The van der Waals surface area contributed by atoms with Crippen molar-refractivity contribution in [3.63, 3.8) is 0 Å². The molecule has 25 heavy (non-hydrogen) atoms. The van der Waals surface area contributed by atoms with E-state index in [1.54, 1.807) is 6.33 Å². The van der Waals surface area contributed by atoms with Crippen molar-refractivity contribution in [2.45, 2.75) is 25.9 Å². The summed E-state index contributed by atoms with van der Waals surface area (Å²) >= 11 is 3.49. The largest absolute Gasteiger partial charge is 0.369 e. The van der Waals surface area contributed by atoms with Crippen LogP contribution in [0.4, 0.5) is 5.69 Å². The van der Waals surface area contributed by atoms with Crippen LogP contribution >= 0.6 is 15.9 Å². The number of hydrogen-bond acceptors (Lipinski definition) is 4. The second-order valence-corrected chi connectivity index (χ2v) is 7.02. The van der Waals surface area contributed by atoms with Crippen LogP contribution in [-0.4, -0.2) is 46.4 Å². The maximum Gasteiger partial charge on any atom is 0.191 e. The van der Waals surface area contributed by atoms with Crippen LogP contribution in [0.15, 0.2) is 40.1 Å². The molecule has 0 amide bonds. The molecule has 8 heteroatoms. The third kappa shape index (κ3) is 4.72. The number of nitrogens with one attached hydrogen (secondary N) is 2. The van der Waals surface area contributed by atoms with Crippen LogP contribution in [0.3, 0.4) is 0 Å². The van der Waals surface area contributed by atoms with E-state index in [4.69, 9.17) is 0 Å². The highest BCUT2D eigenvalue weighted by atomic mass is 79.9. The fourth-order valence-corrected chi connectivity index (χ4v) is 3.14. The van der Waals surface area contributed by atoms with Gasteiger partial charge in [-0.25, -0.2) is 4.99 Å². The molecule has 2 aromatic rings. The number of benzene rings is 1. The van der Waals surface area contributed by atoms with Crippen molar-refractivity contribution in [1.82, 2.24) is 25.4 Å². The predicted octanol–water partition coefficient (Wildman–Crippen LogP) is 1.91.